The Morgan fingerprint density at radius 1 is 1.23 bits per heavy atom. The quantitative estimate of drug-likeness (QED) is 0.669. The van der Waals surface area contributed by atoms with Crippen molar-refractivity contribution in [1.29, 1.82) is 0 Å². The van der Waals surface area contributed by atoms with Crippen molar-refractivity contribution < 1.29 is 32.3 Å². The van der Waals surface area contributed by atoms with Gasteiger partial charge in [0.1, 0.15) is 0 Å². The van der Waals surface area contributed by atoms with E-state index in [0.717, 1.165) is 17.7 Å². The lowest BCUT2D eigenvalue weighted by atomic mass is 9.89. The predicted molar refractivity (Wildman–Crippen MR) is 107 cm³/mol. The van der Waals surface area contributed by atoms with Crippen molar-refractivity contribution in [3.05, 3.63) is 70.2 Å². The number of halogens is 4. The maximum Gasteiger partial charge on any atom is 0.416 e. The van der Waals surface area contributed by atoms with Crippen LogP contribution in [0.3, 0.4) is 0 Å². The van der Waals surface area contributed by atoms with Crippen LogP contribution < -0.4 is 5.32 Å². The Labute approximate surface area is 181 Å². The van der Waals surface area contributed by atoms with Gasteiger partial charge in [-0.05, 0) is 23.8 Å². The third-order valence-corrected chi connectivity index (χ3v) is 5.05. The van der Waals surface area contributed by atoms with E-state index in [2.05, 4.69) is 10.5 Å². The van der Waals surface area contributed by atoms with E-state index in [1.54, 1.807) is 0 Å². The minimum absolute atomic E-state index is 0.0468. The Hall–Kier alpha value is -3.07. The molecular formula is C21H18ClF3N2O4. The summed E-state index contributed by atoms with van der Waals surface area (Å²) < 4.78 is 43.6. The van der Waals surface area contributed by atoms with Gasteiger partial charge in [0.2, 0.25) is 5.60 Å². The van der Waals surface area contributed by atoms with Crippen molar-refractivity contribution >= 4 is 29.2 Å². The normalized spacial score (nSPS) is 18.2. The maximum atomic E-state index is 12.9. The van der Waals surface area contributed by atoms with Gasteiger partial charge in [0.05, 0.1) is 35.5 Å². The molecule has 10 heteroatoms. The van der Waals surface area contributed by atoms with Gasteiger partial charge in [-0.1, -0.05) is 47.1 Å². The van der Waals surface area contributed by atoms with Gasteiger partial charge in [-0.3, -0.25) is 4.79 Å². The van der Waals surface area contributed by atoms with Gasteiger partial charge in [0, 0.05) is 12.8 Å². The van der Waals surface area contributed by atoms with Crippen LogP contribution in [0.2, 0.25) is 5.02 Å². The standard InChI is InChI=1S/C21H18ClF3N2O4/c1-30-19(29)20(10-13-5-3-2-4-6-13)11-15(27-31-20)12-26-18(28)16-9-14(21(23,24)25)7-8-17(16)22/h2-9H,10-12H2,1H3,(H,26,28). The summed E-state index contributed by atoms with van der Waals surface area (Å²) in [6.45, 7) is -0.140. The number of alkyl halides is 3. The predicted octanol–water partition coefficient (Wildman–Crippen LogP) is 4.02. The highest BCUT2D eigenvalue weighted by Crippen LogP contribution is 2.32. The first kappa shape index (κ1) is 22.6. The number of nitrogens with zero attached hydrogens (tertiary/aromatic N) is 1. The van der Waals surface area contributed by atoms with E-state index in [0.29, 0.717) is 11.8 Å². The first-order valence-electron chi connectivity index (χ1n) is 9.16. The number of oxime groups is 1. The van der Waals surface area contributed by atoms with Gasteiger partial charge in [0.25, 0.3) is 5.91 Å². The Bertz CT molecular complexity index is 1010. The Morgan fingerprint density at radius 3 is 2.58 bits per heavy atom. The lowest BCUT2D eigenvalue weighted by molar-refractivity contribution is -0.166. The fourth-order valence-corrected chi connectivity index (χ4v) is 3.39. The van der Waals surface area contributed by atoms with E-state index in [1.807, 2.05) is 30.3 Å². The first-order valence-corrected chi connectivity index (χ1v) is 9.53. The number of rotatable bonds is 6. The second-order valence-corrected chi connectivity index (χ2v) is 7.36. The summed E-state index contributed by atoms with van der Waals surface area (Å²) in [6.07, 6.45) is -4.37. The summed E-state index contributed by atoms with van der Waals surface area (Å²) in [4.78, 5) is 30.2. The van der Waals surface area contributed by atoms with Crippen LogP contribution in [0.1, 0.15) is 27.9 Å². The summed E-state index contributed by atoms with van der Waals surface area (Å²) in [5.74, 6) is -1.43. The number of hydrogen-bond acceptors (Lipinski definition) is 5. The molecule has 6 nitrogen and oxygen atoms in total. The summed E-state index contributed by atoms with van der Waals surface area (Å²) in [6, 6.07) is 11.6. The fourth-order valence-electron chi connectivity index (χ4n) is 3.18. The van der Waals surface area contributed by atoms with Crippen LogP contribution in [0.25, 0.3) is 0 Å². The largest absolute Gasteiger partial charge is 0.466 e. The van der Waals surface area contributed by atoms with Crippen molar-refractivity contribution in [2.45, 2.75) is 24.6 Å². The SMILES string of the molecule is COC(=O)C1(Cc2ccccc2)CC(CNC(=O)c2cc(C(F)(F)F)ccc2Cl)=NO1. The fraction of sp³-hybridized carbons (Fsp3) is 0.286. The Morgan fingerprint density at radius 2 is 1.94 bits per heavy atom. The number of carbonyl (C=O) groups is 2. The van der Waals surface area contributed by atoms with Gasteiger partial charge >= 0.3 is 12.1 Å². The van der Waals surface area contributed by atoms with E-state index >= 15 is 0 Å². The average Bonchev–Trinajstić information content (AvgIpc) is 3.15. The molecule has 1 aliphatic heterocycles. The van der Waals surface area contributed by atoms with Crippen LogP contribution in [-0.4, -0.2) is 36.8 Å². The molecule has 1 unspecified atom stereocenters. The zero-order chi connectivity index (χ0) is 22.6. The molecule has 2 aromatic carbocycles. The molecule has 0 saturated carbocycles. The minimum atomic E-state index is -4.61. The summed E-state index contributed by atoms with van der Waals surface area (Å²) in [5, 5.41) is 6.23. The van der Waals surface area contributed by atoms with Crippen molar-refractivity contribution in [2.24, 2.45) is 5.16 Å². The van der Waals surface area contributed by atoms with Crippen LogP contribution >= 0.6 is 11.6 Å². The number of ether oxygens (including phenoxy) is 1. The molecule has 164 valence electrons. The van der Waals surface area contributed by atoms with Crippen molar-refractivity contribution in [3.63, 3.8) is 0 Å². The number of nitrogens with one attached hydrogen (secondary N) is 1. The lowest BCUT2D eigenvalue weighted by Gasteiger charge is -2.23. The van der Waals surface area contributed by atoms with Crippen LogP contribution in [0.15, 0.2) is 53.7 Å². The molecule has 0 spiro atoms. The lowest BCUT2D eigenvalue weighted by Crippen LogP contribution is -2.43. The third-order valence-electron chi connectivity index (χ3n) is 4.72. The van der Waals surface area contributed by atoms with Crippen LogP contribution in [0.4, 0.5) is 13.2 Å². The average molecular weight is 455 g/mol. The van der Waals surface area contributed by atoms with Gasteiger partial charge in [-0.15, -0.1) is 0 Å². The first-order chi connectivity index (χ1) is 14.6. The zero-order valence-corrected chi connectivity index (χ0v) is 17.1. The highest BCUT2D eigenvalue weighted by Gasteiger charge is 2.47. The van der Waals surface area contributed by atoms with Crippen molar-refractivity contribution in [3.8, 4) is 0 Å². The summed E-state index contributed by atoms with van der Waals surface area (Å²) in [7, 11) is 1.23. The molecule has 1 amide bonds. The van der Waals surface area contributed by atoms with Gasteiger partial charge in [0.15, 0.2) is 0 Å². The molecule has 1 N–H and O–H groups in total. The molecule has 0 bridgehead atoms. The topological polar surface area (TPSA) is 77.0 Å². The second-order valence-electron chi connectivity index (χ2n) is 6.95. The highest BCUT2D eigenvalue weighted by molar-refractivity contribution is 6.33. The molecule has 1 heterocycles. The number of amides is 1. The maximum absolute atomic E-state index is 12.9. The van der Waals surface area contributed by atoms with Gasteiger partial charge < -0.3 is 14.9 Å². The molecule has 0 saturated heterocycles. The molecule has 2 aromatic rings. The highest BCUT2D eigenvalue weighted by atomic mass is 35.5. The van der Waals surface area contributed by atoms with E-state index in [1.165, 1.54) is 7.11 Å². The van der Waals surface area contributed by atoms with E-state index in [4.69, 9.17) is 21.2 Å². The molecule has 3 rings (SSSR count). The van der Waals surface area contributed by atoms with Crippen LogP contribution in [0, 0.1) is 0 Å². The molecule has 0 aromatic heterocycles. The van der Waals surface area contributed by atoms with Crippen LogP contribution in [0.5, 0.6) is 0 Å². The van der Waals surface area contributed by atoms with Crippen molar-refractivity contribution in [1.82, 2.24) is 5.32 Å². The molecule has 0 fully saturated rings. The smallest absolute Gasteiger partial charge is 0.416 e. The van der Waals surface area contributed by atoms with Crippen molar-refractivity contribution in [2.75, 3.05) is 13.7 Å². The number of hydrogen-bond donors (Lipinski definition) is 1. The molecule has 0 radical (unpaired) electrons. The number of carbonyl (C=O) groups excluding carboxylic acids is 2. The van der Waals surface area contributed by atoms with Gasteiger partial charge in [-0.25, -0.2) is 4.79 Å². The second kappa shape index (κ2) is 8.97. The monoisotopic (exact) mass is 454 g/mol. The number of methoxy groups -OCH3 is 1. The molecule has 1 aliphatic rings. The number of esters is 1. The van der Waals surface area contributed by atoms with Gasteiger partial charge in [-0.2, -0.15) is 13.2 Å². The Kier molecular flexibility index (Phi) is 6.54. The Balaban J connectivity index is 1.69. The van der Waals surface area contributed by atoms with Crippen LogP contribution in [-0.2, 0) is 27.0 Å². The van der Waals surface area contributed by atoms with E-state index in [9.17, 15) is 22.8 Å². The summed E-state index contributed by atoms with van der Waals surface area (Å²) >= 11 is 5.89. The minimum Gasteiger partial charge on any atom is -0.466 e. The molecule has 1 atom stereocenters. The van der Waals surface area contributed by atoms with E-state index < -0.39 is 29.2 Å². The zero-order valence-electron chi connectivity index (χ0n) is 16.3. The van der Waals surface area contributed by atoms with E-state index in [-0.39, 0.29) is 30.0 Å². The summed E-state index contributed by atoms with van der Waals surface area (Å²) in [5.41, 5.74) is -1.54. The molecule has 31 heavy (non-hydrogen) atoms. The third kappa shape index (κ3) is 5.16. The molecular weight excluding hydrogens is 437 g/mol. The molecule has 0 aliphatic carbocycles. The number of benzene rings is 2.